The summed E-state index contributed by atoms with van der Waals surface area (Å²) in [7, 11) is 0. The van der Waals surface area contributed by atoms with E-state index in [-0.39, 0.29) is 5.60 Å². The number of aliphatic hydroxyl groups is 1. The van der Waals surface area contributed by atoms with E-state index in [0.717, 1.165) is 26.2 Å². The third-order valence-corrected chi connectivity index (χ3v) is 4.40. The predicted octanol–water partition coefficient (Wildman–Crippen LogP) is 3.53. The molecule has 1 aromatic carbocycles. The molecule has 0 radical (unpaired) electrons. The minimum Gasteiger partial charge on any atom is -0.388 e. The van der Waals surface area contributed by atoms with Gasteiger partial charge in [0, 0.05) is 25.2 Å². The first-order chi connectivity index (χ1) is 9.39. The van der Waals surface area contributed by atoms with Crippen LogP contribution in [0, 0.1) is 0 Å². The minimum atomic E-state index is -0.591. The molecule has 0 spiro atoms. The summed E-state index contributed by atoms with van der Waals surface area (Å²) in [4.78, 5) is 2.31. The number of halogens is 2. The molecule has 1 heterocycles. The summed E-state index contributed by atoms with van der Waals surface area (Å²) in [6.45, 7) is 7.51. The highest BCUT2D eigenvalue weighted by atomic mass is 35.5. The number of hydrogen-bond acceptors (Lipinski definition) is 3. The number of ether oxygens (including phenoxy) is 1. The Kier molecular flexibility index (Phi) is 5.32. The number of aliphatic hydroxyl groups excluding tert-OH is 1. The van der Waals surface area contributed by atoms with E-state index in [1.54, 1.807) is 6.07 Å². The summed E-state index contributed by atoms with van der Waals surface area (Å²) >= 11 is 12.1. The van der Waals surface area contributed by atoms with E-state index < -0.39 is 6.10 Å². The molecule has 20 heavy (non-hydrogen) atoms. The molecule has 1 unspecified atom stereocenters. The van der Waals surface area contributed by atoms with Gasteiger partial charge in [0.1, 0.15) is 0 Å². The third-order valence-electron chi connectivity index (χ3n) is 3.56. The van der Waals surface area contributed by atoms with Crippen molar-refractivity contribution >= 4 is 23.2 Å². The van der Waals surface area contributed by atoms with Crippen LogP contribution in [0.4, 0.5) is 0 Å². The maximum Gasteiger partial charge on any atom is 0.0817 e. The number of rotatable bonds is 4. The summed E-state index contributed by atoms with van der Waals surface area (Å²) < 4.78 is 5.68. The maximum atomic E-state index is 10.3. The highest BCUT2D eigenvalue weighted by molar-refractivity contribution is 6.42. The zero-order valence-electron chi connectivity index (χ0n) is 11.9. The molecule has 0 bridgehead atoms. The maximum absolute atomic E-state index is 10.3. The molecular weight excluding hydrogens is 297 g/mol. The van der Waals surface area contributed by atoms with Crippen molar-refractivity contribution in [2.24, 2.45) is 0 Å². The molecule has 1 aromatic rings. The molecule has 0 saturated carbocycles. The van der Waals surface area contributed by atoms with E-state index in [4.69, 9.17) is 27.9 Å². The van der Waals surface area contributed by atoms with Gasteiger partial charge < -0.3 is 9.84 Å². The summed E-state index contributed by atoms with van der Waals surface area (Å²) in [5.41, 5.74) is 0.586. The lowest BCUT2D eigenvalue weighted by Crippen LogP contribution is -2.48. The first kappa shape index (κ1) is 16.1. The Morgan fingerprint density at radius 2 is 2.15 bits per heavy atom. The average Bonchev–Trinajstić information content (AvgIpc) is 2.38. The molecule has 0 amide bonds. The molecule has 1 aliphatic heterocycles. The lowest BCUT2D eigenvalue weighted by atomic mass is 10.0. The van der Waals surface area contributed by atoms with Crippen molar-refractivity contribution in [3.05, 3.63) is 33.8 Å². The van der Waals surface area contributed by atoms with Crippen molar-refractivity contribution in [2.45, 2.75) is 32.0 Å². The van der Waals surface area contributed by atoms with E-state index in [1.165, 1.54) is 0 Å². The van der Waals surface area contributed by atoms with Crippen LogP contribution in [0.15, 0.2) is 18.2 Å². The van der Waals surface area contributed by atoms with Gasteiger partial charge in [-0.05, 0) is 26.3 Å². The zero-order valence-corrected chi connectivity index (χ0v) is 13.4. The Bertz CT molecular complexity index is 465. The van der Waals surface area contributed by atoms with E-state index >= 15 is 0 Å². The molecule has 112 valence electrons. The van der Waals surface area contributed by atoms with Crippen LogP contribution in [0.25, 0.3) is 0 Å². The van der Waals surface area contributed by atoms with Crippen molar-refractivity contribution in [1.82, 2.24) is 4.90 Å². The first-order valence-electron chi connectivity index (χ1n) is 6.87. The number of morpholine rings is 1. The van der Waals surface area contributed by atoms with Gasteiger partial charge in [-0.25, -0.2) is 0 Å². The second-order valence-electron chi connectivity index (χ2n) is 5.83. The van der Waals surface area contributed by atoms with Crippen LogP contribution >= 0.6 is 23.2 Å². The summed E-state index contributed by atoms with van der Waals surface area (Å²) in [5, 5.41) is 11.2. The summed E-state index contributed by atoms with van der Waals surface area (Å²) in [6.07, 6.45) is 0.0445. The molecule has 1 aliphatic rings. The first-order valence-corrected chi connectivity index (χ1v) is 7.63. The Balaban J connectivity index is 1.92. The fourth-order valence-electron chi connectivity index (χ4n) is 2.54. The fraction of sp³-hybridized carbons (Fsp3) is 0.600. The van der Waals surface area contributed by atoms with Gasteiger partial charge in [0.05, 0.1) is 28.4 Å². The topological polar surface area (TPSA) is 32.7 Å². The van der Waals surface area contributed by atoms with Crippen LogP contribution < -0.4 is 0 Å². The van der Waals surface area contributed by atoms with Crippen molar-refractivity contribution in [3.63, 3.8) is 0 Å². The second kappa shape index (κ2) is 6.63. The lowest BCUT2D eigenvalue weighted by Gasteiger charge is -2.38. The molecule has 2 rings (SSSR count). The Hall–Kier alpha value is -0.320. The molecule has 3 nitrogen and oxygen atoms in total. The largest absolute Gasteiger partial charge is 0.388 e. The third kappa shape index (κ3) is 4.09. The van der Waals surface area contributed by atoms with Crippen molar-refractivity contribution < 1.29 is 9.84 Å². The van der Waals surface area contributed by atoms with Crippen molar-refractivity contribution in [3.8, 4) is 0 Å². The Morgan fingerprint density at radius 3 is 2.85 bits per heavy atom. The Labute approximate surface area is 130 Å². The van der Waals surface area contributed by atoms with Crippen LogP contribution in [-0.4, -0.2) is 41.8 Å². The van der Waals surface area contributed by atoms with Crippen LogP contribution in [0.2, 0.25) is 10.0 Å². The van der Waals surface area contributed by atoms with Crippen LogP contribution in [-0.2, 0) is 4.74 Å². The molecule has 0 aromatic heterocycles. The number of benzene rings is 1. The van der Waals surface area contributed by atoms with E-state index in [1.807, 2.05) is 12.1 Å². The molecule has 0 aliphatic carbocycles. The molecule has 5 heteroatoms. The predicted molar refractivity (Wildman–Crippen MR) is 82.5 cm³/mol. The zero-order chi connectivity index (χ0) is 14.8. The Morgan fingerprint density at radius 1 is 1.40 bits per heavy atom. The SMILES string of the molecule is CC1(C)CN(CCC(O)c2cccc(Cl)c2Cl)CCO1. The molecule has 1 saturated heterocycles. The number of hydrogen-bond donors (Lipinski definition) is 1. The molecule has 1 atom stereocenters. The molecule has 1 N–H and O–H groups in total. The summed E-state index contributed by atoms with van der Waals surface area (Å²) in [5.74, 6) is 0. The van der Waals surface area contributed by atoms with Gasteiger partial charge >= 0.3 is 0 Å². The van der Waals surface area contributed by atoms with Gasteiger partial charge in [-0.15, -0.1) is 0 Å². The van der Waals surface area contributed by atoms with Crippen LogP contribution in [0.5, 0.6) is 0 Å². The highest BCUT2D eigenvalue weighted by Crippen LogP contribution is 2.31. The van der Waals surface area contributed by atoms with E-state index in [2.05, 4.69) is 18.7 Å². The van der Waals surface area contributed by atoms with Crippen LogP contribution in [0.1, 0.15) is 31.9 Å². The standard InChI is InChI=1S/C15H21Cl2NO2/c1-15(2)10-18(8-9-20-15)7-6-13(19)11-4-3-5-12(16)14(11)17/h3-5,13,19H,6-10H2,1-2H3. The van der Waals surface area contributed by atoms with Gasteiger partial charge in [-0.1, -0.05) is 35.3 Å². The second-order valence-corrected chi connectivity index (χ2v) is 6.62. The lowest BCUT2D eigenvalue weighted by molar-refractivity contribution is -0.0878. The number of nitrogens with zero attached hydrogens (tertiary/aromatic N) is 1. The molecule has 1 fully saturated rings. The van der Waals surface area contributed by atoms with Crippen LogP contribution in [0.3, 0.4) is 0 Å². The monoisotopic (exact) mass is 317 g/mol. The highest BCUT2D eigenvalue weighted by Gasteiger charge is 2.27. The quantitative estimate of drug-likeness (QED) is 0.922. The van der Waals surface area contributed by atoms with Gasteiger partial charge in [-0.3, -0.25) is 4.90 Å². The smallest absolute Gasteiger partial charge is 0.0817 e. The van der Waals surface area contributed by atoms with Gasteiger partial charge in [0.25, 0.3) is 0 Å². The average molecular weight is 318 g/mol. The van der Waals surface area contributed by atoms with Gasteiger partial charge in [-0.2, -0.15) is 0 Å². The molecular formula is C15H21Cl2NO2. The normalized spacial score (nSPS) is 20.9. The van der Waals surface area contributed by atoms with Crippen molar-refractivity contribution in [2.75, 3.05) is 26.2 Å². The van der Waals surface area contributed by atoms with E-state index in [0.29, 0.717) is 22.0 Å². The van der Waals surface area contributed by atoms with Gasteiger partial charge in [0.15, 0.2) is 0 Å². The fourth-order valence-corrected chi connectivity index (χ4v) is 2.98. The summed E-state index contributed by atoms with van der Waals surface area (Å²) in [6, 6.07) is 5.36. The van der Waals surface area contributed by atoms with Crippen molar-refractivity contribution in [1.29, 1.82) is 0 Å². The van der Waals surface area contributed by atoms with E-state index in [9.17, 15) is 5.11 Å². The van der Waals surface area contributed by atoms with Gasteiger partial charge in [0.2, 0.25) is 0 Å². The minimum absolute atomic E-state index is 0.114.